The molecule has 1 aliphatic carbocycles. The number of rotatable bonds is 10. The second-order valence-electron chi connectivity index (χ2n) is 8.78. The molecule has 6 heteroatoms. The van der Waals surface area contributed by atoms with Gasteiger partial charge in [0.05, 0.1) is 6.04 Å². The molecule has 1 heterocycles. The first kappa shape index (κ1) is 22.6. The fourth-order valence-corrected chi connectivity index (χ4v) is 5.42. The first-order valence-corrected chi connectivity index (χ1v) is 11.9. The molecule has 162 valence electrons. The average Bonchev–Trinajstić information content (AvgIpc) is 3.56. The topological polar surface area (TPSA) is 35.6 Å². The third-order valence-electron chi connectivity index (χ3n) is 5.69. The number of amides is 1. The molecule has 4 nitrogen and oxygen atoms in total. The van der Waals surface area contributed by atoms with Crippen LogP contribution in [0.2, 0.25) is 0 Å². The Morgan fingerprint density at radius 2 is 2.10 bits per heavy atom. The highest BCUT2D eigenvalue weighted by Gasteiger charge is 2.38. The maximum absolute atomic E-state index is 13.2. The van der Waals surface area contributed by atoms with Gasteiger partial charge >= 0.3 is 0 Å². The van der Waals surface area contributed by atoms with Crippen molar-refractivity contribution in [3.63, 3.8) is 0 Å². The van der Waals surface area contributed by atoms with E-state index >= 15 is 0 Å². The molecule has 2 atom stereocenters. The van der Waals surface area contributed by atoms with Gasteiger partial charge < -0.3 is 10.2 Å². The molecule has 0 radical (unpaired) electrons. The van der Waals surface area contributed by atoms with Crippen LogP contribution in [0.1, 0.15) is 58.4 Å². The third-order valence-corrected chi connectivity index (χ3v) is 6.97. The van der Waals surface area contributed by atoms with Crippen LogP contribution in [0.15, 0.2) is 29.2 Å². The lowest BCUT2D eigenvalue weighted by Crippen LogP contribution is -2.54. The van der Waals surface area contributed by atoms with E-state index in [1.807, 2.05) is 18.2 Å². The minimum atomic E-state index is -0.425. The van der Waals surface area contributed by atoms with Gasteiger partial charge in [-0.15, -0.1) is 0 Å². The van der Waals surface area contributed by atoms with Crippen molar-refractivity contribution < 1.29 is 9.18 Å². The van der Waals surface area contributed by atoms with E-state index in [0.717, 1.165) is 49.4 Å². The number of benzene rings is 1. The Bertz CT molecular complexity index is 667. The van der Waals surface area contributed by atoms with Gasteiger partial charge in [0.1, 0.15) is 6.67 Å². The van der Waals surface area contributed by atoms with Crippen LogP contribution in [0.5, 0.6) is 0 Å². The van der Waals surface area contributed by atoms with Crippen molar-refractivity contribution in [2.24, 2.45) is 5.92 Å². The Kier molecular flexibility index (Phi) is 8.39. The van der Waals surface area contributed by atoms with E-state index in [4.69, 9.17) is 0 Å². The van der Waals surface area contributed by atoms with Crippen LogP contribution in [-0.2, 0) is 11.5 Å². The Morgan fingerprint density at radius 1 is 1.31 bits per heavy atom. The zero-order valence-electron chi connectivity index (χ0n) is 18.1. The van der Waals surface area contributed by atoms with Crippen molar-refractivity contribution in [2.75, 3.05) is 19.6 Å². The minimum Gasteiger partial charge on any atom is -0.340 e. The maximum Gasteiger partial charge on any atom is 0.239 e. The van der Waals surface area contributed by atoms with Crippen molar-refractivity contribution in [1.29, 1.82) is 0 Å². The minimum absolute atomic E-state index is 0.0815. The van der Waals surface area contributed by atoms with Gasteiger partial charge in [0.15, 0.2) is 0 Å². The molecule has 2 fully saturated rings. The highest BCUT2D eigenvalue weighted by atomic mass is 32.2. The monoisotopic (exact) mass is 421 g/mol. The van der Waals surface area contributed by atoms with Gasteiger partial charge in [-0.25, -0.2) is 8.70 Å². The smallest absolute Gasteiger partial charge is 0.239 e. The number of hydrogen-bond acceptors (Lipinski definition) is 4. The lowest BCUT2D eigenvalue weighted by molar-refractivity contribution is -0.135. The van der Waals surface area contributed by atoms with Crippen molar-refractivity contribution in [1.82, 2.24) is 14.5 Å². The van der Waals surface area contributed by atoms with Crippen LogP contribution in [0.25, 0.3) is 0 Å². The van der Waals surface area contributed by atoms with Crippen LogP contribution < -0.4 is 5.32 Å². The first-order valence-electron chi connectivity index (χ1n) is 11.1. The molecule has 1 amide bonds. The number of alkyl halides is 1. The number of likely N-dealkylation sites (N-methyl/N-ethyl adjacent to an activating group) is 1. The number of nitrogens with one attached hydrogen (secondary N) is 1. The van der Waals surface area contributed by atoms with E-state index in [1.165, 1.54) is 12.8 Å². The maximum atomic E-state index is 13.2. The van der Waals surface area contributed by atoms with Crippen LogP contribution >= 0.6 is 11.9 Å². The SMILES string of the molecule is CCN[C@@H](CC(C)C)C(=O)N1CCCC(N(Sc2cccc(CF)c2)C2CC2)C1. The Hall–Kier alpha value is -1.11. The van der Waals surface area contributed by atoms with Gasteiger partial charge in [0.25, 0.3) is 0 Å². The summed E-state index contributed by atoms with van der Waals surface area (Å²) in [6, 6.07) is 8.65. The molecule has 1 saturated heterocycles. The molecule has 0 bridgehead atoms. The second-order valence-corrected chi connectivity index (χ2v) is 9.86. The normalized spacial score (nSPS) is 21.0. The number of likely N-dealkylation sites (tertiary alicyclic amines) is 1. The number of piperidine rings is 1. The number of nitrogens with zero attached hydrogens (tertiary/aromatic N) is 2. The van der Waals surface area contributed by atoms with Gasteiger partial charge in [0, 0.05) is 30.1 Å². The van der Waals surface area contributed by atoms with E-state index in [-0.39, 0.29) is 11.9 Å². The molecular formula is C23H36FN3OS. The fraction of sp³-hybridized carbons (Fsp3) is 0.696. The summed E-state index contributed by atoms with van der Waals surface area (Å²) in [4.78, 5) is 16.4. The van der Waals surface area contributed by atoms with Gasteiger partial charge in [-0.3, -0.25) is 4.79 Å². The number of carbonyl (C=O) groups excluding carboxylic acids is 1. The standard InChI is InChI=1S/C23H36FN3OS/c1-4-25-22(13-17(2)3)23(28)26-12-6-8-20(16-26)27(19-10-11-19)29-21-9-5-7-18(14-21)15-24/h5,7,9,14,17,19-20,22,25H,4,6,8,10-13,15-16H2,1-3H3/t20?,22-/m0/s1. The van der Waals surface area contributed by atoms with Crippen molar-refractivity contribution in [3.8, 4) is 0 Å². The molecule has 1 unspecified atom stereocenters. The summed E-state index contributed by atoms with van der Waals surface area (Å²) < 4.78 is 15.6. The van der Waals surface area contributed by atoms with E-state index in [1.54, 1.807) is 11.9 Å². The molecule has 0 aromatic heterocycles. The van der Waals surface area contributed by atoms with E-state index in [2.05, 4.69) is 41.4 Å². The van der Waals surface area contributed by atoms with Crippen LogP contribution in [0.4, 0.5) is 4.39 Å². The van der Waals surface area contributed by atoms with E-state index < -0.39 is 6.67 Å². The molecular weight excluding hydrogens is 385 g/mol. The predicted molar refractivity (Wildman–Crippen MR) is 118 cm³/mol. The third kappa shape index (κ3) is 6.43. The first-order chi connectivity index (χ1) is 14.0. The number of hydrogen-bond donors (Lipinski definition) is 1. The zero-order valence-corrected chi connectivity index (χ0v) is 18.9. The van der Waals surface area contributed by atoms with Gasteiger partial charge in [-0.2, -0.15) is 0 Å². The van der Waals surface area contributed by atoms with Crippen molar-refractivity contribution in [3.05, 3.63) is 29.8 Å². The van der Waals surface area contributed by atoms with Crippen LogP contribution in [-0.4, -0.2) is 52.9 Å². The molecule has 1 aliphatic heterocycles. The van der Waals surface area contributed by atoms with Crippen LogP contribution in [0, 0.1) is 5.92 Å². The highest BCUT2D eigenvalue weighted by molar-refractivity contribution is 7.97. The van der Waals surface area contributed by atoms with Crippen LogP contribution in [0.3, 0.4) is 0 Å². The van der Waals surface area contributed by atoms with E-state index in [9.17, 15) is 9.18 Å². The molecule has 1 N–H and O–H groups in total. The summed E-state index contributed by atoms with van der Waals surface area (Å²) in [5.74, 6) is 0.746. The zero-order chi connectivity index (χ0) is 20.8. The van der Waals surface area contributed by atoms with Crippen molar-refractivity contribution in [2.45, 2.75) is 82.6 Å². The second kappa shape index (κ2) is 10.8. The molecule has 2 aliphatic rings. The average molecular weight is 422 g/mol. The highest BCUT2D eigenvalue weighted by Crippen LogP contribution is 2.40. The quantitative estimate of drug-likeness (QED) is 0.558. The molecule has 0 spiro atoms. The summed E-state index contributed by atoms with van der Waals surface area (Å²) in [6.07, 6.45) is 5.48. The molecule has 1 saturated carbocycles. The molecule has 3 rings (SSSR count). The Balaban J connectivity index is 1.67. The lowest BCUT2D eigenvalue weighted by atomic mass is 10.00. The number of carbonyl (C=O) groups is 1. The number of halogens is 1. The van der Waals surface area contributed by atoms with Gasteiger partial charge in [-0.1, -0.05) is 32.9 Å². The predicted octanol–water partition coefficient (Wildman–Crippen LogP) is 4.64. The molecule has 1 aromatic carbocycles. The molecule has 29 heavy (non-hydrogen) atoms. The summed E-state index contributed by atoms with van der Waals surface area (Å²) in [7, 11) is 0. The summed E-state index contributed by atoms with van der Waals surface area (Å²) in [5.41, 5.74) is 0.730. The summed E-state index contributed by atoms with van der Waals surface area (Å²) in [6.45, 7) is 8.46. The van der Waals surface area contributed by atoms with Gasteiger partial charge in [0.2, 0.25) is 5.91 Å². The summed E-state index contributed by atoms with van der Waals surface area (Å²) >= 11 is 1.75. The van der Waals surface area contributed by atoms with Gasteiger partial charge in [-0.05, 0) is 74.2 Å². The largest absolute Gasteiger partial charge is 0.340 e. The summed E-state index contributed by atoms with van der Waals surface area (Å²) in [5, 5.41) is 3.40. The van der Waals surface area contributed by atoms with E-state index in [0.29, 0.717) is 18.0 Å². The van der Waals surface area contributed by atoms with Crippen molar-refractivity contribution >= 4 is 17.9 Å². The fourth-order valence-electron chi connectivity index (χ4n) is 4.16. The Labute approximate surface area is 179 Å². The molecule has 1 aromatic rings. The lowest BCUT2D eigenvalue weighted by Gasteiger charge is -2.40. The Morgan fingerprint density at radius 3 is 2.76 bits per heavy atom.